The van der Waals surface area contributed by atoms with Gasteiger partial charge >= 0.3 is 0 Å². The van der Waals surface area contributed by atoms with E-state index in [-0.39, 0.29) is 35.2 Å². The molecular formula is C19H23BrN4O3S2. The highest BCUT2D eigenvalue weighted by Gasteiger charge is 2.38. The molecule has 2 aliphatic rings. The van der Waals surface area contributed by atoms with Gasteiger partial charge in [-0.3, -0.25) is 9.89 Å². The largest absolute Gasteiger partial charge is 0.335 e. The Labute approximate surface area is 183 Å². The maximum absolute atomic E-state index is 13.1. The number of hydrogen-bond acceptors (Lipinski definition) is 6. The summed E-state index contributed by atoms with van der Waals surface area (Å²) in [5.41, 5.74) is 0.905. The van der Waals surface area contributed by atoms with Gasteiger partial charge in [0.1, 0.15) is 0 Å². The van der Waals surface area contributed by atoms with E-state index in [1.807, 2.05) is 29.2 Å². The fourth-order valence-corrected chi connectivity index (χ4v) is 7.02. The summed E-state index contributed by atoms with van der Waals surface area (Å²) in [6.07, 6.45) is 4.65. The van der Waals surface area contributed by atoms with E-state index in [1.165, 1.54) is 11.8 Å². The third-order valence-electron chi connectivity index (χ3n) is 5.53. The van der Waals surface area contributed by atoms with Crippen molar-refractivity contribution in [3.05, 3.63) is 28.7 Å². The number of H-pyrrole nitrogens is 1. The Morgan fingerprint density at radius 1 is 1.21 bits per heavy atom. The SMILES string of the molecule is O=C(CSc1n[nH]c(-c2ccccc2Br)n1)N(C1CCCC1)C1CCS(=O)(=O)C1. The highest BCUT2D eigenvalue weighted by Crippen LogP contribution is 2.31. The van der Waals surface area contributed by atoms with Crippen LogP contribution in [0.25, 0.3) is 11.4 Å². The Hall–Kier alpha value is -1.39. The maximum atomic E-state index is 13.1. The van der Waals surface area contributed by atoms with Crippen molar-refractivity contribution >= 4 is 43.4 Å². The van der Waals surface area contributed by atoms with E-state index < -0.39 is 9.84 Å². The zero-order valence-corrected chi connectivity index (χ0v) is 19.1. The highest BCUT2D eigenvalue weighted by atomic mass is 79.9. The monoisotopic (exact) mass is 498 g/mol. The summed E-state index contributed by atoms with van der Waals surface area (Å²) >= 11 is 4.79. The van der Waals surface area contributed by atoms with Crippen LogP contribution in [0.4, 0.5) is 0 Å². The molecule has 1 N–H and O–H groups in total. The number of nitrogens with zero attached hydrogens (tertiary/aromatic N) is 3. The van der Waals surface area contributed by atoms with E-state index in [4.69, 9.17) is 0 Å². The number of carbonyl (C=O) groups excluding carboxylic acids is 1. The molecule has 1 saturated carbocycles. The van der Waals surface area contributed by atoms with Gasteiger partial charge in [0.05, 0.1) is 17.3 Å². The van der Waals surface area contributed by atoms with Gasteiger partial charge < -0.3 is 4.90 Å². The maximum Gasteiger partial charge on any atom is 0.233 e. The minimum Gasteiger partial charge on any atom is -0.335 e. The summed E-state index contributed by atoms with van der Waals surface area (Å²) in [5.74, 6) is 1.10. The summed E-state index contributed by atoms with van der Waals surface area (Å²) in [7, 11) is -3.04. The van der Waals surface area contributed by atoms with Gasteiger partial charge in [0.2, 0.25) is 11.1 Å². The predicted octanol–water partition coefficient (Wildman–Crippen LogP) is 3.28. The van der Waals surface area contributed by atoms with E-state index in [2.05, 4.69) is 31.1 Å². The van der Waals surface area contributed by atoms with Crippen molar-refractivity contribution in [2.45, 2.75) is 49.3 Å². The second-order valence-electron chi connectivity index (χ2n) is 7.53. The van der Waals surface area contributed by atoms with Crippen LogP contribution in [0.2, 0.25) is 0 Å². The summed E-state index contributed by atoms with van der Waals surface area (Å²) < 4.78 is 24.8. The summed E-state index contributed by atoms with van der Waals surface area (Å²) in [6, 6.07) is 7.69. The van der Waals surface area contributed by atoms with Crippen molar-refractivity contribution in [2.24, 2.45) is 0 Å². The minimum absolute atomic E-state index is 0.0174. The molecule has 0 bridgehead atoms. The number of thioether (sulfide) groups is 1. The molecule has 1 atom stereocenters. The van der Waals surface area contributed by atoms with Crippen LogP contribution in [0.5, 0.6) is 0 Å². The molecule has 1 aliphatic heterocycles. The topological polar surface area (TPSA) is 96.0 Å². The third kappa shape index (κ3) is 4.86. The number of carbonyl (C=O) groups is 1. The summed E-state index contributed by atoms with van der Waals surface area (Å²) in [5, 5.41) is 7.65. The van der Waals surface area contributed by atoms with E-state index in [9.17, 15) is 13.2 Å². The smallest absolute Gasteiger partial charge is 0.233 e. The van der Waals surface area contributed by atoms with Gasteiger partial charge in [0.25, 0.3) is 0 Å². The molecule has 7 nitrogen and oxygen atoms in total. The molecular weight excluding hydrogens is 476 g/mol. The molecule has 1 aromatic carbocycles. The number of sulfone groups is 1. The zero-order valence-electron chi connectivity index (χ0n) is 15.9. The first kappa shape index (κ1) is 20.9. The second-order valence-corrected chi connectivity index (χ2v) is 11.6. The zero-order chi connectivity index (χ0) is 20.4. The van der Waals surface area contributed by atoms with Gasteiger partial charge in [-0.25, -0.2) is 13.4 Å². The number of benzene rings is 1. The molecule has 10 heteroatoms. The number of nitrogens with one attached hydrogen (secondary N) is 1. The minimum atomic E-state index is -3.04. The van der Waals surface area contributed by atoms with Crippen LogP contribution >= 0.6 is 27.7 Å². The van der Waals surface area contributed by atoms with Crippen LogP contribution in [-0.4, -0.2) is 63.7 Å². The highest BCUT2D eigenvalue weighted by molar-refractivity contribution is 9.10. The average molecular weight is 499 g/mol. The van der Waals surface area contributed by atoms with Gasteiger partial charge in [-0.15, -0.1) is 5.10 Å². The Morgan fingerprint density at radius 2 is 1.97 bits per heavy atom. The molecule has 29 heavy (non-hydrogen) atoms. The van der Waals surface area contributed by atoms with Crippen LogP contribution in [-0.2, 0) is 14.6 Å². The van der Waals surface area contributed by atoms with Crippen LogP contribution in [0.3, 0.4) is 0 Å². The molecule has 156 valence electrons. The number of aromatic nitrogens is 3. The van der Waals surface area contributed by atoms with Crippen LogP contribution < -0.4 is 0 Å². The number of halogens is 1. The molecule has 2 heterocycles. The lowest BCUT2D eigenvalue weighted by Gasteiger charge is -2.34. The molecule has 1 unspecified atom stereocenters. The molecule has 1 aliphatic carbocycles. The summed E-state index contributed by atoms with van der Waals surface area (Å²) in [6.45, 7) is 0. The lowest BCUT2D eigenvalue weighted by atomic mass is 10.1. The molecule has 0 spiro atoms. The number of hydrogen-bond donors (Lipinski definition) is 1. The van der Waals surface area contributed by atoms with E-state index in [1.54, 1.807) is 0 Å². The van der Waals surface area contributed by atoms with Gasteiger partial charge in [0.15, 0.2) is 15.7 Å². The Kier molecular flexibility index (Phi) is 6.31. The molecule has 1 aromatic heterocycles. The fourth-order valence-electron chi connectivity index (χ4n) is 4.17. The van der Waals surface area contributed by atoms with Crippen LogP contribution in [0, 0.1) is 0 Å². The third-order valence-corrected chi connectivity index (χ3v) is 8.80. The second kappa shape index (κ2) is 8.77. The van der Waals surface area contributed by atoms with Gasteiger partial charge in [-0.1, -0.05) is 58.7 Å². The number of amides is 1. The first-order valence-electron chi connectivity index (χ1n) is 9.74. The molecule has 2 fully saturated rings. The van der Waals surface area contributed by atoms with Crippen molar-refractivity contribution in [2.75, 3.05) is 17.3 Å². The first-order valence-corrected chi connectivity index (χ1v) is 13.3. The molecule has 1 amide bonds. The quantitative estimate of drug-likeness (QED) is 0.613. The van der Waals surface area contributed by atoms with E-state index in [0.29, 0.717) is 17.4 Å². The lowest BCUT2D eigenvalue weighted by molar-refractivity contribution is -0.132. The van der Waals surface area contributed by atoms with Crippen molar-refractivity contribution in [1.82, 2.24) is 20.1 Å². The molecule has 0 radical (unpaired) electrons. The molecule has 1 saturated heterocycles. The van der Waals surface area contributed by atoms with Gasteiger partial charge in [-0.2, -0.15) is 0 Å². The Balaban J connectivity index is 1.44. The summed E-state index contributed by atoms with van der Waals surface area (Å²) in [4.78, 5) is 19.4. The first-order chi connectivity index (χ1) is 13.9. The van der Waals surface area contributed by atoms with Gasteiger partial charge in [0, 0.05) is 22.1 Å². The fraction of sp³-hybridized carbons (Fsp3) is 0.526. The number of rotatable bonds is 6. The van der Waals surface area contributed by atoms with E-state index in [0.717, 1.165) is 35.7 Å². The Morgan fingerprint density at radius 3 is 2.66 bits per heavy atom. The van der Waals surface area contributed by atoms with Crippen molar-refractivity contribution in [1.29, 1.82) is 0 Å². The molecule has 2 aromatic rings. The van der Waals surface area contributed by atoms with Gasteiger partial charge in [-0.05, 0) is 25.3 Å². The van der Waals surface area contributed by atoms with Crippen molar-refractivity contribution in [3.63, 3.8) is 0 Å². The average Bonchev–Trinajstić information content (AvgIpc) is 3.43. The van der Waals surface area contributed by atoms with Crippen LogP contribution in [0.1, 0.15) is 32.1 Å². The normalized spacial score (nSPS) is 21.5. The Bertz CT molecular complexity index is 989. The van der Waals surface area contributed by atoms with E-state index >= 15 is 0 Å². The molecule has 4 rings (SSSR count). The van der Waals surface area contributed by atoms with Crippen LogP contribution in [0.15, 0.2) is 33.9 Å². The lowest BCUT2D eigenvalue weighted by Crippen LogP contribution is -2.47. The van der Waals surface area contributed by atoms with Crippen molar-refractivity contribution in [3.8, 4) is 11.4 Å². The van der Waals surface area contributed by atoms with Crippen molar-refractivity contribution < 1.29 is 13.2 Å². The standard InChI is InChI=1S/C19H23BrN4O3S2/c20-16-8-4-3-7-15(16)18-21-19(23-22-18)28-11-17(25)24(13-5-1-2-6-13)14-9-10-29(26,27)12-14/h3-4,7-8,13-14H,1-2,5-6,9-12H2,(H,21,22,23). The predicted molar refractivity (Wildman–Crippen MR) is 116 cm³/mol. The number of aromatic amines is 1.